The smallest absolute Gasteiger partial charge is 0.240 e. The zero-order valence-electron chi connectivity index (χ0n) is 10.6. The van der Waals surface area contributed by atoms with Gasteiger partial charge in [-0.15, -0.1) is 0 Å². The monoisotopic (exact) mass is 273 g/mol. The van der Waals surface area contributed by atoms with Gasteiger partial charge in [-0.3, -0.25) is 0 Å². The van der Waals surface area contributed by atoms with E-state index < -0.39 is 10.0 Å². The highest BCUT2D eigenvalue weighted by Crippen LogP contribution is 2.15. The summed E-state index contributed by atoms with van der Waals surface area (Å²) in [5.41, 5.74) is 0.393. The molecule has 0 radical (unpaired) electrons. The van der Waals surface area contributed by atoms with Crippen molar-refractivity contribution in [3.05, 3.63) is 29.8 Å². The molecule has 0 amide bonds. The Morgan fingerprint density at radius 1 is 1.39 bits per heavy atom. The van der Waals surface area contributed by atoms with E-state index in [0.29, 0.717) is 18.7 Å². The van der Waals surface area contributed by atoms with E-state index in [4.69, 9.17) is 9.84 Å². The van der Waals surface area contributed by atoms with Crippen molar-refractivity contribution in [1.29, 1.82) is 0 Å². The van der Waals surface area contributed by atoms with E-state index in [9.17, 15) is 8.42 Å². The lowest BCUT2D eigenvalue weighted by Crippen LogP contribution is -2.30. The number of benzene rings is 1. The van der Waals surface area contributed by atoms with E-state index in [2.05, 4.69) is 4.72 Å². The molecule has 0 spiro atoms. The molecule has 1 atom stereocenters. The highest BCUT2D eigenvalue weighted by molar-refractivity contribution is 7.89. The van der Waals surface area contributed by atoms with Gasteiger partial charge >= 0.3 is 0 Å². The van der Waals surface area contributed by atoms with Gasteiger partial charge in [0.15, 0.2) is 0 Å². The maximum Gasteiger partial charge on any atom is 0.240 e. The first kappa shape index (κ1) is 15.1. The maximum absolute atomic E-state index is 12.1. The van der Waals surface area contributed by atoms with Crippen LogP contribution in [0.2, 0.25) is 0 Å². The van der Waals surface area contributed by atoms with E-state index in [1.807, 2.05) is 6.92 Å². The molecule has 0 saturated carbocycles. The second-order valence-electron chi connectivity index (χ2n) is 4.18. The molecule has 0 fully saturated rings. The third kappa shape index (κ3) is 4.06. The van der Waals surface area contributed by atoms with Crippen LogP contribution < -0.4 is 4.72 Å². The average molecular weight is 273 g/mol. The third-order valence-corrected chi connectivity index (χ3v) is 4.03. The molecule has 5 nitrogen and oxygen atoms in total. The van der Waals surface area contributed by atoms with Gasteiger partial charge < -0.3 is 9.84 Å². The molecule has 1 unspecified atom stereocenters. The van der Waals surface area contributed by atoms with Crippen LogP contribution >= 0.6 is 0 Å². The summed E-state index contributed by atoms with van der Waals surface area (Å²) in [5, 5.41) is 9.13. The molecular weight excluding hydrogens is 254 g/mol. The van der Waals surface area contributed by atoms with Crippen LogP contribution in [-0.4, -0.2) is 33.8 Å². The molecule has 0 saturated heterocycles. The number of hydrogen-bond donors (Lipinski definition) is 2. The molecule has 0 aliphatic heterocycles. The van der Waals surface area contributed by atoms with Crippen LogP contribution in [-0.2, 0) is 21.4 Å². The molecule has 0 aromatic heterocycles. The van der Waals surface area contributed by atoms with Crippen LogP contribution in [0.1, 0.15) is 12.5 Å². The quantitative estimate of drug-likeness (QED) is 0.768. The fourth-order valence-corrected chi connectivity index (χ4v) is 2.96. The Hall–Kier alpha value is -0.950. The van der Waals surface area contributed by atoms with Crippen molar-refractivity contribution < 1.29 is 18.3 Å². The van der Waals surface area contributed by atoms with Gasteiger partial charge in [-0.1, -0.05) is 25.1 Å². The number of aliphatic hydroxyl groups is 1. The number of ether oxygens (including phenoxy) is 1. The Labute approximate surface area is 108 Å². The van der Waals surface area contributed by atoms with Crippen LogP contribution in [0.5, 0.6) is 0 Å². The van der Waals surface area contributed by atoms with E-state index >= 15 is 0 Å². The van der Waals surface area contributed by atoms with Crippen LogP contribution in [0, 0.1) is 5.92 Å². The van der Waals surface area contributed by atoms with Crippen molar-refractivity contribution in [3.8, 4) is 0 Å². The first-order chi connectivity index (χ1) is 8.51. The normalized spacial score (nSPS) is 13.5. The summed E-state index contributed by atoms with van der Waals surface area (Å²) in [6.07, 6.45) is 0. The molecule has 1 rings (SSSR count). The Balaban J connectivity index is 2.80. The molecule has 18 heavy (non-hydrogen) atoms. The van der Waals surface area contributed by atoms with Crippen molar-refractivity contribution in [2.24, 2.45) is 5.92 Å². The molecule has 1 aromatic rings. The Kier molecular flexibility index (Phi) is 5.74. The van der Waals surface area contributed by atoms with Gasteiger partial charge in [-0.05, 0) is 17.5 Å². The van der Waals surface area contributed by atoms with Crippen LogP contribution in [0.3, 0.4) is 0 Å². The predicted molar refractivity (Wildman–Crippen MR) is 68.6 cm³/mol. The topological polar surface area (TPSA) is 75.6 Å². The molecular formula is C12H19NO4S. The number of methoxy groups -OCH3 is 1. The number of sulfonamides is 1. The van der Waals surface area contributed by atoms with Crippen molar-refractivity contribution in [2.45, 2.75) is 18.4 Å². The van der Waals surface area contributed by atoms with Crippen molar-refractivity contribution in [2.75, 3.05) is 20.3 Å². The van der Waals surface area contributed by atoms with Crippen molar-refractivity contribution >= 4 is 10.0 Å². The molecule has 6 heteroatoms. The van der Waals surface area contributed by atoms with Gasteiger partial charge in [0.2, 0.25) is 10.0 Å². The highest BCUT2D eigenvalue weighted by Gasteiger charge is 2.18. The minimum absolute atomic E-state index is 0.0889. The van der Waals surface area contributed by atoms with E-state index in [0.717, 1.165) is 0 Å². The van der Waals surface area contributed by atoms with E-state index in [-0.39, 0.29) is 17.4 Å². The lowest BCUT2D eigenvalue weighted by atomic mass is 10.2. The summed E-state index contributed by atoms with van der Waals surface area (Å²) in [5.74, 6) is 0.0889. The maximum atomic E-state index is 12.1. The van der Waals surface area contributed by atoms with Crippen molar-refractivity contribution in [1.82, 2.24) is 4.72 Å². The minimum Gasteiger partial charge on any atom is -0.392 e. The lowest BCUT2D eigenvalue weighted by molar-refractivity contribution is 0.161. The molecule has 1 aromatic carbocycles. The number of aliphatic hydroxyl groups excluding tert-OH is 1. The summed E-state index contributed by atoms with van der Waals surface area (Å²) in [4.78, 5) is 0.122. The zero-order chi connectivity index (χ0) is 13.6. The van der Waals surface area contributed by atoms with Crippen molar-refractivity contribution in [3.63, 3.8) is 0 Å². The first-order valence-electron chi connectivity index (χ1n) is 5.68. The van der Waals surface area contributed by atoms with Gasteiger partial charge in [0, 0.05) is 20.3 Å². The summed E-state index contributed by atoms with van der Waals surface area (Å²) in [6.45, 7) is 2.38. The SMILES string of the molecule is COCC(C)CNS(=O)(=O)c1ccccc1CO. The molecule has 2 N–H and O–H groups in total. The Morgan fingerprint density at radius 2 is 2.06 bits per heavy atom. The fraction of sp³-hybridized carbons (Fsp3) is 0.500. The third-order valence-electron chi connectivity index (χ3n) is 2.51. The largest absolute Gasteiger partial charge is 0.392 e. The van der Waals surface area contributed by atoms with Gasteiger partial charge in [-0.25, -0.2) is 13.1 Å². The second kappa shape index (κ2) is 6.84. The van der Waals surface area contributed by atoms with Gasteiger partial charge in [0.25, 0.3) is 0 Å². The Bertz CT molecular complexity index is 473. The average Bonchev–Trinajstić information content (AvgIpc) is 2.37. The number of rotatable bonds is 7. The summed E-state index contributed by atoms with van der Waals surface area (Å²) in [7, 11) is -2.01. The van der Waals surface area contributed by atoms with E-state index in [1.165, 1.54) is 6.07 Å². The summed E-state index contributed by atoms with van der Waals surface area (Å²) < 4.78 is 31.6. The minimum atomic E-state index is -3.58. The van der Waals surface area contributed by atoms with Gasteiger partial charge in [0.1, 0.15) is 0 Å². The molecule has 102 valence electrons. The zero-order valence-corrected chi connectivity index (χ0v) is 11.4. The highest BCUT2D eigenvalue weighted by atomic mass is 32.2. The molecule has 0 bridgehead atoms. The standard InChI is InChI=1S/C12H19NO4S/c1-10(9-17-2)7-13-18(15,16)12-6-4-3-5-11(12)8-14/h3-6,10,13-14H,7-9H2,1-2H3. The number of nitrogens with one attached hydrogen (secondary N) is 1. The van der Waals surface area contributed by atoms with E-state index in [1.54, 1.807) is 25.3 Å². The summed E-state index contributed by atoms with van der Waals surface area (Å²) in [6, 6.07) is 6.40. The molecule has 0 aliphatic carbocycles. The number of hydrogen-bond acceptors (Lipinski definition) is 4. The van der Waals surface area contributed by atoms with Gasteiger partial charge in [-0.2, -0.15) is 0 Å². The van der Waals surface area contributed by atoms with Crippen LogP contribution in [0.15, 0.2) is 29.2 Å². The van der Waals surface area contributed by atoms with Gasteiger partial charge in [0.05, 0.1) is 11.5 Å². The second-order valence-corrected chi connectivity index (χ2v) is 5.91. The Morgan fingerprint density at radius 3 is 2.67 bits per heavy atom. The predicted octanol–water partition coefficient (Wildman–Crippen LogP) is 0.740. The molecule has 0 aliphatic rings. The molecule has 0 heterocycles. The van der Waals surface area contributed by atoms with Crippen LogP contribution in [0.4, 0.5) is 0 Å². The lowest BCUT2D eigenvalue weighted by Gasteiger charge is -2.13. The fourth-order valence-electron chi connectivity index (χ4n) is 1.57. The first-order valence-corrected chi connectivity index (χ1v) is 7.17. The van der Waals surface area contributed by atoms with Crippen LogP contribution in [0.25, 0.3) is 0 Å². The summed E-state index contributed by atoms with van der Waals surface area (Å²) >= 11 is 0.